The van der Waals surface area contributed by atoms with Crippen LogP contribution in [0.1, 0.15) is 5.56 Å². The van der Waals surface area contributed by atoms with Crippen molar-refractivity contribution in [2.24, 2.45) is 0 Å². The first-order valence-corrected chi connectivity index (χ1v) is 6.89. The molecule has 0 saturated carbocycles. The van der Waals surface area contributed by atoms with Gasteiger partial charge in [-0.15, -0.1) is 5.10 Å². The van der Waals surface area contributed by atoms with Crippen LogP contribution in [0.5, 0.6) is 0 Å². The molecule has 1 aromatic heterocycles. The number of nitrogens with zero attached hydrogens (tertiary/aromatic N) is 4. The summed E-state index contributed by atoms with van der Waals surface area (Å²) in [4.78, 5) is 0. The Labute approximate surface area is 124 Å². The minimum absolute atomic E-state index is 0.615. The molecular formula is C14H12BrN5. The molecule has 0 bridgehead atoms. The first-order valence-electron chi connectivity index (χ1n) is 6.10. The van der Waals surface area contributed by atoms with Gasteiger partial charge in [0.1, 0.15) is 0 Å². The Morgan fingerprint density at radius 2 is 1.85 bits per heavy atom. The van der Waals surface area contributed by atoms with Gasteiger partial charge in [0.05, 0.1) is 11.0 Å². The van der Waals surface area contributed by atoms with Gasteiger partial charge < -0.3 is 5.73 Å². The molecule has 0 saturated heterocycles. The molecule has 3 rings (SSSR count). The number of hydrogen-bond acceptors (Lipinski definition) is 4. The van der Waals surface area contributed by atoms with Gasteiger partial charge in [-0.25, -0.2) is 4.68 Å². The number of hydrogen-bond donors (Lipinski definition) is 1. The smallest absolute Gasteiger partial charge is 0.183 e. The van der Waals surface area contributed by atoms with E-state index in [-0.39, 0.29) is 0 Å². The second-order valence-electron chi connectivity index (χ2n) is 4.35. The highest BCUT2D eigenvalue weighted by molar-refractivity contribution is 9.10. The van der Waals surface area contributed by atoms with E-state index in [1.165, 1.54) is 0 Å². The van der Waals surface area contributed by atoms with Crippen molar-refractivity contribution in [3.8, 4) is 11.4 Å². The lowest BCUT2D eigenvalue weighted by atomic mass is 10.2. The molecule has 0 radical (unpaired) electrons. The molecule has 0 fully saturated rings. The minimum atomic E-state index is 0.615. The average Bonchev–Trinajstić information content (AvgIpc) is 2.91. The second-order valence-corrected chi connectivity index (χ2v) is 5.15. The van der Waals surface area contributed by atoms with Crippen molar-refractivity contribution in [1.29, 1.82) is 0 Å². The molecule has 6 heteroatoms. The van der Waals surface area contributed by atoms with Gasteiger partial charge in [0.15, 0.2) is 5.82 Å². The molecule has 1 heterocycles. The Morgan fingerprint density at radius 3 is 2.65 bits per heavy atom. The summed E-state index contributed by atoms with van der Waals surface area (Å²) in [6.07, 6.45) is 0. The van der Waals surface area contributed by atoms with E-state index in [1.807, 2.05) is 48.5 Å². The predicted octanol–water partition coefficient (Wildman–Crippen LogP) is 2.73. The maximum atomic E-state index is 5.90. The summed E-state index contributed by atoms with van der Waals surface area (Å²) < 4.78 is 2.57. The Kier molecular flexibility index (Phi) is 3.47. The first-order chi connectivity index (χ1) is 9.75. The Morgan fingerprint density at radius 1 is 1.05 bits per heavy atom. The molecule has 0 spiro atoms. The maximum Gasteiger partial charge on any atom is 0.183 e. The molecule has 5 nitrogen and oxygen atoms in total. The molecular weight excluding hydrogens is 318 g/mol. The van der Waals surface area contributed by atoms with Crippen LogP contribution in [-0.4, -0.2) is 20.2 Å². The zero-order chi connectivity index (χ0) is 13.9. The van der Waals surface area contributed by atoms with Gasteiger partial charge in [0, 0.05) is 11.3 Å². The molecule has 0 unspecified atom stereocenters. The number of nitrogen functional groups attached to an aromatic ring is 1. The number of benzene rings is 2. The van der Waals surface area contributed by atoms with E-state index in [0.717, 1.165) is 15.6 Å². The highest BCUT2D eigenvalue weighted by Crippen LogP contribution is 2.31. The molecule has 0 aliphatic heterocycles. The fraction of sp³-hybridized carbons (Fsp3) is 0.0714. The van der Waals surface area contributed by atoms with Crippen LogP contribution in [0.25, 0.3) is 11.4 Å². The fourth-order valence-electron chi connectivity index (χ4n) is 1.98. The lowest BCUT2D eigenvalue weighted by Gasteiger charge is -2.07. The van der Waals surface area contributed by atoms with Crippen LogP contribution in [0.4, 0.5) is 5.69 Å². The standard InChI is InChI=1S/C14H12BrN5/c15-13-11(7-4-8-12(13)16)14-17-18-19-20(14)9-10-5-2-1-3-6-10/h1-8H,9,16H2. The second kappa shape index (κ2) is 5.42. The molecule has 100 valence electrons. The van der Waals surface area contributed by atoms with Crippen molar-refractivity contribution < 1.29 is 0 Å². The summed E-state index contributed by atoms with van der Waals surface area (Å²) >= 11 is 3.49. The van der Waals surface area contributed by atoms with Crippen molar-refractivity contribution in [2.45, 2.75) is 6.54 Å². The van der Waals surface area contributed by atoms with Crippen LogP contribution in [0, 0.1) is 0 Å². The molecule has 0 atom stereocenters. The van der Waals surface area contributed by atoms with Crippen LogP contribution in [0.15, 0.2) is 53.0 Å². The van der Waals surface area contributed by atoms with E-state index in [0.29, 0.717) is 18.1 Å². The zero-order valence-corrected chi connectivity index (χ0v) is 12.2. The molecule has 0 aliphatic carbocycles. The third-order valence-electron chi connectivity index (χ3n) is 2.98. The number of nitrogens with two attached hydrogens (primary N) is 1. The van der Waals surface area contributed by atoms with Gasteiger partial charge in [0.25, 0.3) is 0 Å². The predicted molar refractivity (Wildman–Crippen MR) is 80.9 cm³/mol. The average molecular weight is 330 g/mol. The number of rotatable bonds is 3. The Hall–Kier alpha value is -2.21. The quantitative estimate of drug-likeness (QED) is 0.750. The number of tetrazole rings is 1. The van der Waals surface area contributed by atoms with Crippen molar-refractivity contribution in [3.05, 3.63) is 58.6 Å². The summed E-state index contributed by atoms with van der Waals surface area (Å²) in [7, 11) is 0. The van der Waals surface area contributed by atoms with E-state index < -0.39 is 0 Å². The van der Waals surface area contributed by atoms with Crippen LogP contribution in [-0.2, 0) is 6.54 Å². The summed E-state index contributed by atoms with van der Waals surface area (Å²) in [6.45, 7) is 0.615. The van der Waals surface area contributed by atoms with E-state index in [9.17, 15) is 0 Å². The third-order valence-corrected chi connectivity index (χ3v) is 3.86. The number of halogens is 1. The number of anilines is 1. The van der Waals surface area contributed by atoms with Crippen LogP contribution in [0.2, 0.25) is 0 Å². The Balaban J connectivity index is 2.00. The van der Waals surface area contributed by atoms with E-state index in [1.54, 1.807) is 4.68 Å². The normalized spacial score (nSPS) is 10.7. The van der Waals surface area contributed by atoms with Crippen molar-refractivity contribution in [3.63, 3.8) is 0 Å². The number of aromatic nitrogens is 4. The Bertz CT molecular complexity index is 723. The monoisotopic (exact) mass is 329 g/mol. The van der Waals surface area contributed by atoms with Crippen LogP contribution < -0.4 is 5.73 Å². The van der Waals surface area contributed by atoms with E-state index >= 15 is 0 Å². The summed E-state index contributed by atoms with van der Waals surface area (Å²) in [5.74, 6) is 0.688. The van der Waals surface area contributed by atoms with E-state index in [4.69, 9.17) is 5.73 Å². The van der Waals surface area contributed by atoms with Crippen LogP contribution >= 0.6 is 15.9 Å². The van der Waals surface area contributed by atoms with Crippen molar-refractivity contribution in [1.82, 2.24) is 20.2 Å². The largest absolute Gasteiger partial charge is 0.398 e. The van der Waals surface area contributed by atoms with Gasteiger partial charge in [-0.3, -0.25) is 0 Å². The van der Waals surface area contributed by atoms with Gasteiger partial charge >= 0.3 is 0 Å². The van der Waals surface area contributed by atoms with Crippen molar-refractivity contribution in [2.75, 3.05) is 5.73 Å². The molecule has 2 N–H and O–H groups in total. The molecule has 0 amide bonds. The molecule has 20 heavy (non-hydrogen) atoms. The van der Waals surface area contributed by atoms with Gasteiger partial charge in [0.2, 0.25) is 0 Å². The van der Waals surface area contributed by atoms with Gasteiger partial charge in [-0.05, 0) is 44.1 Å². The highest BCUT2D eigenvalue weighted by Gasteiger charge is 2.13. The summed E-state index contributed by atoms with van der Waals surface area (Å²) in [5, 5.41) is 11.9. The lowest BCUT2D eigenvalue weighted by Crippen LogP contribution is -2.05. The topological polar surface area (TPSA) is 69.6 Å². The zero-order valence-electron chi connectivity index (χ0n) is 10.6. The minimum Gasteiger partial charge on any atom is -0.398 e. The van der Waals surface area contributed by atoms with Crippen molar-refractivity contribution >= 4 is 21.6 Å². The van der Waals surface area contributed by atoms with Crippen LogP contribution in [0.3, 0.4) is 0 Å². The third kappa shape index (κ3) is 2.42. The highest BCUT2D eigenvalue weighted by atomic mass is 79.9. The fourth-order valence-corrected chi connectivity index (χ4v) is 2.42. The molecule has 2 aromatic carbocycles. The summed E-state index contributed by atoms with van der Waals surface area (Å²) in [5.41, 5.74) is 8.59. The first kappa shape index (κ1) is 12.8. The summed E-state index contributed by atoms with van der Waals surface area (Å²) in [6, 6.07) is 15.7. The SMILES string of the molecule is Nc1cccc(-c2nnnn2Cc2ccccc2)c1Br. The lowest BCUT2D eigenvalue weighted by molar-refractivity contribution is 0.653. The molecule has 0 aliphatic rings. The van der Waals surface area contributed by atoms with Gasteiger partial charge in [-0.1, -0.05) is 36.4 Å². The van der Waals surface area contributed by atoms with E-state index in [2.05, 4.69) is 31.5 Å². The maximum absolute atomic E-state index is 5.90. The molecule has 3 aromatic rings. The van der Waals surface area contributed by atoms with Gasteiger partial charge in [-0.2, -0.15) is 0 Å².